The summed E-state index contributed by atoms with van der Waals surface area (Å²) in [5, 5.41) is 11.3. The van der Waals surface area contributed by atoms with Crippen LogP contribution in [0.2, 0.25) is 0 Å². The van der Waals surface area contributed by atoms with Crippen molar-refractivity contribution in [3.05, 3.63) is 29.8 Å². The summed E-state index contributed by atoms with van der Waals surface area (Å²) in [4.78, 5) is 35.2. The van der Waals surface area contributed by atoms with Gasteiger partial charge in [-0.3, -0.25) is 14.4 Å². The van der Waals surface area contributed by atoms with Crippen molar-refractivity contribution in [2.75, 3.05) is 23.5 Å². The summed E-state index contributed by atoms with van der Waals surface area (Å²) < 4.78 is 0. The topological polar surface area (TPSA) is 86.7 Å². The van der Waals surface area contributed by atoms with Crippen LogP contribution in [0.4, 0.5) is 5.69 Å². The van der Waals surface area contributed by atoms with Crippen LogP contribution < -0.4 is 5.32 Å². The molecular weight excluding hydrogens is 292 g/mol. The second-order valence-electron chi connectivity index (χ2n) is 4.71. The monoisotopic (exact) mass is 308 g/mol. The predicted molar refractivity (Wildman–Crippen MR) is 80.1 cm³/mol. The average Bonchev–Trinajstić information content (AvgIpc) is 2.83. The molecule has 0 aromatic heterocycles. The quantitative estimate of drug-likeness (QED) is 0.824. The molecule has 1 aliphatic heterocycles. The molecule has 0 bridgehead atoms. The Hall–Kier alpha value is -2.02. The third-order valence-corrected chi connectivity index (χ3v) is 3.97. The molecule has 0 saturated carbocycles. The number of amides is 2. The largest absolute Gasteiger partial charge is 0.481 e. The normalized spacial score (nSPS) is 14.3. The van der Waals surface area contributed by atoms with Gasteiger partial charge in [-0.05, 0) is 24.1 Å². The van der Waals surface area contributed by atoms with Crippen molar-refractivity contribution in [2.45, 2.75) is 12.8 Å². The lowest BCUT2D eigenvalue weighted by molar-refractivity contribution is -0.137. The van der Waals surface area contributed by atoms with Gasteiger partial charge < -0.3 is 15.3 Å². The van der Waals surface area contributed by atoms with Crippen LogP contribution in [0, 0.1) is 0 Å². The van der Waals surface area contributed by atoms with E-state index in [1.165, 1.54) is 16.7 Å². The fraction of sp³-hybridized carbons (Fsp3) is 0.357. The summed E-state index contributed by atoms with van der Waals surface area (Å²) >= 11 is 1.50. The molecule has 0 atom stereocenters. The van der Waals surface area contributed by atoms with Gasteiger partial charge in [0, 0.05) is 12.1 Å². The van der Waals surface area contributed by atoms with Crippen LogP contribution in [-0.4, -0.2) is 46.0 Å². The molecule has 7 heteroatoms. The smallest absolute Gasteiger partial charge is 0.303 e. The van der Waals surface area contributed by atoms with Gasteiger partial charge in [-0.1, -0.05) is 12.1 Å². The molecule has 0 spiro atoms. The number of rotatable bonds is 6. The summed E-state index contributed by atoms with van der Waals surface area (Å²) in [5.41, 5.74) is 1.54. The minimum Gasteiger partial charge on any atom is -0.481 e. The average molecular weight is 308 g/mol. The van der Waals surface area contributed by atoms with Gasteiger partial charge in [-0.2, -0.15) is 0 Å². The molecule has 1 aromatic rings. The number of carboxylic acids is 1. The minimum absolute atomic E-state index is 0.0147. The first-order valence-corrected chi connectivity index (χ1v) is 7.66. The Morgan fingerprint density at radius 3 is 2.57 bits per heavy atom. The third kappa shape index (κ3) is 4.78. The number of carbonyl (C=O) groups is 3. The van der Waals surface area contributed by atoms with Crippen LogP contribution in [0.25, 0.3) is 0 Å². The molecule has 2 N–H and O–H groups in total. The van der Waals surface area contributed by atoms with Crippen molar-refractivity contribution < 1.29 is 19.5 Å². The van der Waals surface area contributed by atoms with E-state index in [0.717, 1.165) is 5.56 Å². The van der Waals surface area contributed by atoms with E-state index in [4.69, 9.17) is 5.11 Å². The van der Waals surface area contributed by atoms with Crippen LogP contribution in [0.5, 0.6) is 0 Å². The van der Waals surface area contributed by atoms with Crippen LogP contribution in [0.3, 0.4) is 0 Å². The molecule has 0 aliphatic carbocycles. The number of hydrogen-bond donors (Lipinski definition) is 2. The highest BCUT2D eigenvalue weighted by atomic mass is 32.2. The fourth-order valence-electron chi connectivity index (χ4n) is 1.92. The van der Waals surface area contributed by atoms with Crippen LogP contribution in [-0.2, 0) is 20.8 Å². The fourth-order valence-corrected chi connectivity index (χ4v) is 2.82. The van der Waals surface area contributed by atoms with Crippen molar-refractivity contribution in [1.29, 1.82) is 0 Å². The van der Waals surface area contributed by atoms with E-state index in [0.29, 0.717) is 23.7 Å². The Morgan fingerprint density at radius 1 is 1.29 bits per heavy atom. The van der Waals surface area contributed by atoms with Gasteiger partial charge in [0.25, 0.3) is 0 Å². The maximum atomic E-state index is 11.8. The number of nitrogens with one attached hydrogen (secondary N) is 1. The van der Waals surface area contributed by atoms with E-state index in [1.807, 2.05) is 0 Å². The van der Waals surface area contributed by atoms with Crippen molar-refractivity contribution in [3.8, 4) is 0 Å². The lowest BCUT2D eigenvalue weighted by Crippen LogP contribution is -2.34. The predicted octanol–water partition coefficient (Wildman–Crippen LogP) is 1.18. The Bertz CT molecular complexity index is 544. The summed E-state index contributed by atoms with van der Waals surface area (Å²) in [5.74, 6) is -0.0878. The zero-order chi connectivity index (χ0) is 15.2. The molecule has 21 heavy (non-hydrogen) atoms. The zero-order valence-electron chi connectivity index (χ0n) is 11.4. The highest BCUT2D eigenvalue weighted by Crippen LogP contribution is 2.15. The lowest BCUT2D eigenvalue weighted by atomic mass is 10.1. The van der Waals surface area contributed by atoms with Crippen LogP contribution in [0.15, 0.2) is 24.3 Å². The van der Waals surface area contributed by atoms with Gasteiger partial charge in [-0.25, -0.2) is 0 Å². The first-order chi connectivity index (χ1) is 10.0. The number of carboxylic acid groups (broad SMARTS) is 1. The molecule has 1 heterocycles. The number of carbonyl (C=O) groups excluding carboxylic acids is 2. The van der Waals surface area contributed by atoms with Crippen molar-refractivity contribution in [2.24, 2.45) is 0 Å². The van der Waals surface area contributed by atoms with Gasteiger partial charge >= 0.3 is 5.97 Å². The molecule has 2 amide bonds. The second-order valence-corrected chi connectivity index (χ2v) is 5.66. The number of nitrogens with zero attached hydrogens (tertiary/aromatic N) is 1. The van der Waals surface area contributed by atoms with Crippen LogP contribution >= 0.6 is 11.8 Å². The summed E-state index contributed by atoms with van der Waals surface area (Å²) in [6, 6.07) is 7.04. The third-order valence-electron chi connectivity index (χ3n) is 3.03. The molecule has 0 radical (unpaired) electrons. The highest BCUT2D eigenvalue weighted by Gasteiger charge is 2.22. The van der Waals surface area contributed by atoms with E-state index >= 15 is 0 Å². The number of benzene rings is 1. The van der Waals surface area contributed by atoms with E-state index < -0.39 is 5.97 Å². The summed E-state index contributed by atoms with van der Waals surface area (Å²) in [7, 11) is 0. The molecule has 6 nitrogen and oxygen atoms in total. The maximum absolute atomic E-state index is 11.8. The first kappa shape index (κ1) is 15.4. The standard InChI is InChI=1S/C14H16N2O4S/c17-12(7-16-9-21-8-13(16)18)15-11-4-1-10(2-5-11)3-6-14(19)20/h1-2,4-5H,3,6-9H2,(H,15,17)(H,19,20). The Balaban J connectivity index is 1.83. The number of aryl methyl sites for hydroxylation is 1. The maximum Gasteiger partial charge on any atom is 0.303 e. The van der Waals surface area contributed by atoms with E-state index in [2.05, 4.69) is 5.32 Å². The van der Waals surface area contributed by atoms with Gasteiger partial charge in [0.15, 0.2) is 0 Å². The number of anilines is 1. The summed E-state index contributed by atoms with van der Waals surface area (Å²) in [6.07, 6.45) is 0.545. The van der Waals surface area contributed by atoms with Gasteiger partial charge in [0.1, 0.15) is 6.54 Å². The molecule has 2 rings (SSSR count). The Morgan fingerprint density at radius 2 is 2.00 bits per heavy atom. The minimum atomic E-state index is -0.833. The molecule has 1 aliphatic rings. The lowest BCUT2D eigenvalue weighted by Gasteiger charge is -2.14. The van der Waals surface area contributed by atoms with Crippen molar-refractivity contribution in [1.82, 2.24) is 4.90 Å². The van der Waals surface area contributed by atoms with Gasteiger partial charge in [0.2, 0.25) is 11.8 Å². The highest BCUT2D eigenvalue weighted by molar-refractivity contribution is 8.00. The first-order valence-electron chi connectivity index (χ1n) is 6.50. The number of aliphatic carboxylic acids is 1. The zero-order valence-corrected chi connectivity index (χ0v) is 12.2. The van der Waals surface area contributed by atoms with Crippen molar-refractivity contribution in [3.63, 3.8) is 0 Å². The van der Waals surface area contributed by atoms with E-state index in [9.17, 15) is 14.4 Å². The second kappa shape index (κ2) is 7.12. The number of thioether (sulfide) groups is 1. The Kier molecular flexibility index (Phi) is 5.21. The SMILES string of the molecule is O=C(O)CCc1ccc(NC(=O)CN2CSCC2=O)cc1. The molecule has 0 unspecified atom stereocenters. The van der Waals surface area contributed by atoms with Crippen LogP contribution in [0.1, 0.15) is 12.0 Å². The Labute approximate surface area is 126 Å². The van der Waals surface area contributed by atoms with Crippen molar-refractivity contribution >= 4 is 35.2 Å². The summed E-state index contributed by atoms with van der Waals surface area (Å²) in [6.45, 7) is 0.0621. The van der Waals surface area contributed by atoms with E-state index in [-0.39, 0.29) is 24.8 Å². The number of hydrogen-bond acceptors (Lipinski definition) is 4. The molecule has 1 fully saturated rings. The molecule has 1 aromatic carbocycles. The van der Waals surface area contributed by atoms with Gasteiger partial charge in [0.05, 0.1) is 11.6 Å². The molecule has 1 saturated heterocycles. The van der Waals surface area contributed by atoms with E-state index in [1.54, 1.807) is 24.3 Å². The van der Waals surface area contributed by atoms with Gasteiger partial charge in [-0.15, -0.1) is 11.8 Å². The molecule has 112 valence electrons. The molecular formula is C14H16N2O4S.